The molecule has 89 heavy (non-hydrogen) atoms. The van der Waals surface area contributed by atoms with Crippen molar-refractivity contribution in [2.45, 2.75) is 126 Å². The van der Waals surface area contributed by atoms with Crippen LogP contribution < -0.4 is 37.7 Å². The lowest BCUT2D eigenvalue weighted by molar-refractivity contribution is -0.146. The molecule has 28 heteroatoms. The lowest BCUT2D eigenvalue weighted by Crippen LogP contribution is -2.60. The predicted molar refractivity (Wildman–Crippen MR) is 349 cm³/mol. The van der Waals surface area contributed by atoms with E-state index in [4.69, 9.17) is 51.8 Å². The minimum absolute atomic E-state index is 0.0350. The van der Waals surface area contributed by atoms with Crippen LogP contribution in [0.4, 0.5) is 0 Å². The van der Waals surface area contributed by atoms with E-state index in [0.29, 0.717) is 91.6 Å². The molecule has 0 aliphatic carbocycles. The van der Waals surface area contributed by atoms with Gasteiger partial charge in [-0.2, -0.15) is 60.8 Å². The fourth-order valence-corrected chi connectivity index (χ4v) is 16.4. The molecule has 4 saturated heterocycles. The number of ether oxygens (including phenoxy) is 5. The average Bonchev–Trinajstić information content (AvgIpc) is 1.41. The van der Waals surface area contributed by atoms with E-state index in [1.54, 1.807) is 144 Å². The minimum Gasteiger partial charge on any atom is -0.481 e. The van der Waals surface area contributed by atoms with Crippen LogP contribution in [0.5, 0.6) is 34.5 Å². The Morgan fingerprint density at radius 1 is 0.551 bits per heavy atom. The van der Waals surface area contributed by atoms with Crippen LogP contribution in [-0.4, -0.2) is 174 Å². The molecule has 3 aromatic carbocycles. The fraction of sp³-hybridized carbons (Fsp3) is 0.525. The van der Waals surface area contributed by atoms with Crippen molar-refractivity contribution in [1.29, 1.82) is 0 Å². The van der Waals surface area contributed by atoms with E-state index in [1.807, 2.05) is 41.5 Å². The molecule has 0 bridgehead atoms. The number of amides is 2. The van der Waals surface area contributed by atoms with Gasteiger partial charge in [-0.15, -0.1) is 17.8 Å². The van der Waals surface area contributed by atoms with Crippen LogP contribution in [0.1, 0.15) is 88.0 Å². The molecule has 0 saturated carbocycles. The molecule has 3 aromatic rings. The number of methoxy groups -OCH3 is 1. The number of thioether (sulfide) groups is 3. The number of nitrogens with one attached hydrogen (secondary N) is 2. The van der Waals surface area contributed by atoms with E-state index in [0.717, 1.165) is 25.2 Å². The lowest BCUT2D eigenvalue weighted by Gasteiger charge is -2.42. The average molecular weight is 1350 g/mol. The Hall–Kier alpha value is -5.67. The van der Waals surface area contributed by atoms with E-state index < -0.39 is 83.9 Å². The van der Waals surface area contributed by atoms with Gasteiger partial charge >= 0.3 is 5.97 Å². The van der Waals surface area contributed by atoms with Gasteiger partial charge in [0.05, 0.1) is 13.2 Å². The second-order valence-electron chi connectivity index (χ2n) is 20.6. The van der Waals surface area contributed by atoms with Crippen molar-refractivity contribution in [3.05, 3.63) is 72.8 Å². The number of hydrogen-bond donors (Lipinski definition) is 5. The number of aliphatic hydroxyl groups excluding tert-OH is 1. The van der Waals surface area contributed by atoms with Gasteiger partial charge in [0.1, 0.15) is 79.1 Å². The number of benzene rings is 3. The molecule has 5 N–H and O–H groups in total. The third kappa shape index (κ3) is 25.2. The topological polar surface area (TPSA) is 271 Å². The molecule has 4 aliphatic rings. The number of esters is 1. The van der Waals surface area contributed by atoms with Crippen LogP contribution >= 0.6 is 35.3 Å². The van der Waals surface area contributed by atoms with Crippen LogP contribution in [0.3, 0.4) is 0 Å². The first-order valence-corrected chi connectivity index (χ1v) is 34.2. The first kappa shape index (κ1) is 75.8. The Morgan fingerprint density at radius 3 is 1.19 bits per heavy atom. The maximum Gasteiger partial charge on any atom is 0.325 e. The highest BCUT2D eigenvalue weighted by Crippen LogP contribution is 2.39. The second kappa shape index (κ2) is 39.6. The molecule has 2 amide bonds. The molecular formula is C61H81N5O17S6. The minimum atomic E-state index is -1.88. The molecule has 4 fully saturated rings. The third-order valence-electron chi connectivity index (χ3n) is 13.2. The van der Waals surface area contributed by atoms with Gasteiger partial charge in [-0.05, 0) is 154 Å². The summed E-state index contributed by atoms with van der Waals surface area (Å²) in [7, 11) is 1.33. The lowest BCUT2D eigenvalue weighted by atomic mass is 10.0. The van der Waals surface area contributed by atoms with Crippen molar-refractivity contribution in [3.8, 4) is 81.9 Å². The fourth-order valence-electron chi connectivity index (χ4n) is 8.82. The molecule has 7 unspecified atom stereocenters. The Morgan fingerprint density at radius 2 is 0.888 bits per heavy atom. The zero-order valence-electron chi connectivity index (χ0n) is 51.7. The summed E-state index contributed by atoms with van der Waals surface area (Å²) in [5.74, 6) is 25.7. The highest BCUT2D eigenvalue weighted by Gasteiger charge is 2.49. The first-order chi connectivity index (χ1) is 42.6. The van der Waals surface area contributed by atoms with Crippen molar-refractivity contribution in [2.24, 2.45) is 0 Å². The van der Waals surface area contributed by atoms with Crippen LogP contribution in [0.2, 0.25) is 0 Å². The van der Waals surface area contributed by atoms with Gasteiger partial charge in [-0.3, -0.25) is 24.8 Å². The molecule has 22 nitrogen and oxygen atoms in total. The van der Waals surface area contributed by atoms with E-state index in [2.05, 4.69) is 47.4 Å². The Labute approximate surface area is 544 Å². The highest BCUT2D eigenvalue weighted by atomic mass is 32.2. The van der Waals surface area contributed by atoms with Gasteiger partial charge in [-0.1, -0.05) is 29.6 Å². The van der Waals surface area contributed by atoms with Crippen molar-refractivity contribution in [2.75, 3.05) is 77.0 Å². The Bertz CT molecular complexity index is 2760. The summed E-state index contributed by atoms with van der Waals surface area (Å²) in [6, 6.07) is 17.9. The monoisotopic (exact) mass is 1350 g/mol. The molecule has 0 spiro atoms. The Kier molecular flexibility index (Phi) is 33.7. The zero-order chi connectivity index (χ0) is 65.4. The molecule has 4 aliphatic heterocycles. The van der Waals surface area contributed by atoms with Gasteiger partial charge in [-0.25, -0.2) is 11.0 Å². The quantitative estimate of drug-likeness (QED) is 0.0355. The van der Waals surface area contributed by atoms with Crippen molar-refractivity contribution < 1.29 is 78.8 Å². The maximum atomic E-state index is 12.7. The van der Waals surface area contributed by atoms with Gasteiger partial charge in [0.15, 0.2) is 0 Å². The summed E-state index contributed by atoms with van der Waals surface area (Å²) in [4.78, 5) is 36.4. The standard InChI is InChI=1S/C18H23NO5S2.2C17H22N2O5S2.C9H14O2/c1-5-6-12-23-14-7-9-15(10-8-14)24-26(21)19-11-13-25-18(2,3)16(19)17(20)22-4;2*1-4-5-11-23-13-6-8-14(9-7-13)24-26(22)19-10-12-25-17(2,3)15(19)16(20)18-21;10-7-3-1-5-9-6-2-4-8-11-9/h7-10,16H,11-13H2,1-4H3;2*6-9,15,21H,10-12H2,1-3H3,(H,18,20);9-10H,2,4-8H2. The molecule has 0 radical (unpaired) electrons. The predicted octanol–water partition coefficient (Wildman–Crippen LogP) is 6.85. The van der Waals surface area contributed by atoms with Crippen molar-refractivity contribution >= 4 is 86.9 Å². The molecule has 0 aromatic heterocycles. The number of hydroxylamine groups is 2. The highest BCUT2D eigenvalue weighted by molar-refractivity contribution is 8.01. The molecule has 4 heterocycles. The van der Waals surface area contributed by atoms with Crippen LogP contribution in [-0.2, 0) is 57.7 Å². The van der Waals surface area contributed by atoms with Crippen molar-refractivity contribution in [1.82, 2.24) is 23.9 Å². The molecular weight excluding hydrogens is 1270 g/mol. The SMILES string of the molecule is CC#CCOc1ccc(OS(=O)N2CCSC(C)(C)C2C(=O)NO)cc1.CC#CCOc1ccc(OS(=O)N2CCSC(C)(C)C2C(=O)NO)cc1.CC#CCOc1ccc(OS(=O)N2CCSC(C)(C)C2C(=O)OC)cc1.OCC#CCC1CCCCO1. The summed E-state index contributed by atoms with van der Waals surface area (Å²) in [6.45, 7) is 19.6. The zero-order valence-corrected chi connectivity index (χ0v) is 56.6. The van der Waals surface area contributed by atoms with E-state index in [9.17, 15) is 27.0 Å². The number of hydrogen-bond acceptors (Lipinski definition) is 20. The van der Waals surface area contributed by atoms with E-state index in [1.165, 1.54) is 28.6 Å². The van der Waals surface area contributed by atoms with Gasteiger partial charge in [0.25, 0.3) is 45.6 Å². The third-order valence-corrected chi connectivity index (χ3v) is 20.6. The van der Waals surface area contributed by atoms with Crippen molar-refractivity contribution in [3.63, 3.8) is 0 Å². The van der Waals surface area contributed by atoms with Crippen LogP contribution in [0.15, 0.2) is 72.8 Å². The molecule has 7 atom stereocenters. The normalized spacial score (nSPS) is 20.8. The summed E-state index contributed by atoms with van der Waals surface area (Å²) in [6.07, 6.45) is 4.67. The van der Waals surface area contributed by atoms with Crippen LogP contribution in [0.25, 0.3) is 0 Å². The van der Waals surface area contributed by atoms with E-state index in [-0.39, 0.29) is 6.61 Å². The molecule has 7 rings (SSSR count). The van der Waals surface area contributed by atoms with Crippen LogP contribution in [0, 0.1) is 47.4 Å². The number of carbonyl (C=O) groups is 3. The van der Waals surface area contributed by atoms with Gasteiger partial charge in [0, 0.05) is 64.2 Å². The smallest absolute Gasteiger partial charge is 0.325 e. The van der Waals surface area contributed by atoms with E-state index >= 15 is 0 Å². The summed E-state index contributed by atoms with van der Waals surface area (Å²) in [5.41, 5.74) is 3.32. The summed E-state index contributed by atoms with van der Waals surface area (Å²) in [5, 5.41) is 26.4. The summed E-state index contributed by atoms with van der Waals surface area (Å²) >= 11 is -0.773. The Balaban J connectivity index is 0.000000263. The van der Waals surface area contributed by atoms with Gasteiger partial charge in [0.2, 0.25) is 0 Å². The summed E-state index contributed by atoms with van der Waals surface area (Å²) < 4.78 is 84.2. The first-order valence-electron chi connectivity index (χ1n) is 28.1. The number of aliphatic hydroxyl groups is 1. The molecule has 488 valence electrons. The largest absolute Gasteiger partial charge is 0.481 e. The number of rotatable bonds is 19. The maximum absolute atomic E-state index is 12.7. The number of carbonyl (C=O) groups excluding carboxylic acids is 3. The van der Waals surface area contributed by atoms with Gasteiger partial charge < -0.3 is 41.3 Å². The number of nitrogens with zero attached hydrogens (tertiary/aromatic N) is 3. The second-order valence-corrected chi connectivity index (χ2v) is 29.1.